The lowest BCUT2D eigenvalue weighted by Gasteiger charge is -2.33. The monoisotopic (exact) mass is 356 g/mol. The molecule has 0 spiro atoms. The van der Waals surface area contributed by atoms with E-state index in [0.29, 0.717) is 5.57 Å². The second-order valence-electron chi connectivity index (χ2n) is 5.94. The van der Waals surface area contributed by atoms with Crippen molar-refractivity contribution in [1.82, 2.24) is 0 Å². The van der Waals surface area contributed by atoms with Crippen molar-refractivity contribution in [3.8, 4) is 0 Å². The molecule has 0 amide bonds. The summed E-state index contributed by atoms with van der Waals surface area (Å²) in [6.45, 7) is 5.07. The molecule has 0 bridgehead atoms. The average Bonchev–Trinajstić information content (AvgIpc) is 2.51. The van der Waals surface area contributed by atoms with E-state index in [0.717, 1.165) is 0 Å². The summed E-state index contributed by atoms with van der Waals surface area (Å²) >= 11 is 0. The number of esters is 2. The Bertz CT molecular complexity index is 565. The quantitative estimate of drug-likeness (QED) is 0.494. The van der Waals surface area contributed by atoms with Crippen LogP contribution in [0.5, 0.6) is 0 Å². The van der Waals surface area contributed by atoms with Crippen LogP contribution in [0.25, 0.3) is 0 Å². The van der Waals surface area contributed by atoms with Crippen LogP contribution in [0, 0.1) is 23.7 Å². The predicted molar refractivity (Wildman–Crippen MR) is 85.5 cm³/mol. The van der Waals surface area contributed by atoms with Gasteiger partial charge in [-0.25, -0.2) is 0 Å². The number of carboxylic acid groups (broad SMARTS) is 2. The largest absolute Gasteiger partial charge is 0.481 e. The van der Waals surface area contributed by atoms with Gasteiger partial charge in [-0.05, 0) is 33.1 Å². The van der Waals surface area contributed by atoms with Crippen LogP contribution in [0.3, 0.4) is 0 Å². The Hall–Kier alpha value is -2.38. The first-order chi connectivity index (χ1) is 11.7. The van der Waals surface area contributed by atoms with Crippen LogP contribution < -0.4 is 0 Å². The number of carbonyl (C=O) groups is 4. The van der Waals surface area contributed by atoms with Crippen LogP contribution in [0.15, 0.2) is 11.6 Å². The fraction of sp³-hybridized carbons (Fsp3) is 0.647. The third-order valence-corrected chi connectivity index (χ3v) is 4.28. The predicted octanol–water partition coefficient (Wildman–Crippen LogP) is 1.49. The zero-order valence-electron chi connectivity index (χ0n) is 14.6. The molecule has 4 atom stereocenters. The third kappa shape index (κ3) is 5.30. The minimum absolute atomic E-state index is 0.0630. The van der Waals surface area contributed by atoms with E-state index in [-0.39, 0.29) is 26.1 Å². The molecule has 0 saturated carbocycles. The van der Waals surface area contributed by atoms with Gasteiger partial charge in [0.2, 0.25) is 0 Å². The molecule has 1 aliphatic rings. The Morgan fingerprint density at radius 3 is 2.20 bits per heavy atom. The molecule has 1 aliphatic carbocycles. The zero-order chi connectivity index (χ0) is 19.1. The van der Waals surface area contributed by atoms with Gasteiger partial charge in [-0.3, -0.25) is 19.2 Å². The van der Waals surface area contributed by atoms with Gasteiger partial charge in [-0.1, -0.05) is 11.6 Å². The van der Waals surface area contributed by atoms with Crippen LogP contribution in [0.1, 0.15) is 33.6 Å². The van der Waals surface area contributed by atoms with Gasteiger partial charge < -0.3 is 19.7 Å². The molecule has 0 aromatic heterocycles. The lowest BCUT2D eigenvalue weighted by Crippen LogP contribution is -2.39. The van der Waals surface area contributed by atoms with E-state index in [1.807, 2.05) is 0 Å². The van der Waals surface area contributed by atoms with Gasteiger partial charge in [0.1, 0.15) is 0 Å². The summed E-state index contributed by atoms with van der Waals surface area (Å²) in [7, 11) is 0. The Labute approximate surface area is 145 Å². The highest BCUT2D eigenvalue weighted by molar-refractivity contribution is 5.84. The van der Waals surface area contributed by atoms with Crippen molar-refractivity contribution in [3.63, 3.8) is 0 Å². The van der Waals surface area contributed by atoms with Crippen molar-refractivity contribution in [1.29, 1.82) is 0 Å². The molecule has 1 rings (SSSR count). The van der Waals surface area contributed by atoms with Crippen molar-refractivity contribution in [2.75, 3.05) is 13.2 Å². The van der Waals surface area contributed by atoms with Crippen molar-refractivity contribution in [2.45, 2.75) is 33.6 Å². The number of carboxylic acids is 2. The molecule has 4 unspecified atom stereocenters. The summed E-state index contributed by atoms with van der Waals surface area (Å²) < 4.78 is 9.88. The molecule has 0 aromatic rings. The van der Waals surface area contributed by atoms with Crippen molar-refractivity contribution in [2.24, 2.45) is 23.7 Å². The van der Waals surface area contributed by atoms with E-state index < -0.39 is 47.5 Å². The molecule has 8 nitrogen and oxygen atoms in total. The number of rotatable bonds is 8. The number of allylic oxidation sites excluding steroid dienone is 1. The average molecular weight is 356 g/mol. The van der Waals surface area contributed by atoms with E-state index in [1.54, 1.807) is 19.9 Å². The summed E-state index contributed by atoms with van der Waals surface area (Å²) in [5, 5.41) is 18.7. The fourth-order valence-corrected chi connectivity index (χ4v) is 3.20. The van der Waals surface area contributed by atoms with E-state index in [4.69, 9.17) is 9.47 Å². The normalized spacial score (nSPS) is 24.0. The van der Waals surface area contributed by atoms with Crippen molar-refractivity contribution >= 4 is 23.9 Å². The zero-order valence-corrected chi connectivity index (χ0v) is 14.6. The molecule has 0 fully saturated rings. The highest BCUT2D eigenvalue weighted by atomic mass is 16.5. The first-order valence-corrected chi connectivity index (χ1v) is 8.19. The van der Waals surface area contributed by atoms with Gasteiger partial charge in [0.05, 0.1) is 37.4 Å². The maximum absolute atomic E-state index is 12.3. The first-order valence-electron chi connectivity index (χ1n) is 8.19. The molecule has 140 valence electrons. The van der Waals surface area contributed by atoms with Crippen LogP contribution in [-0.2, 0) is 28.7 Å². The Morgan fingerprint density at radius 2 is 1.72 bits per heavy atom. The van der Waals surface area contributed by atoms with Crippen LogP contribution >= 0.6 is 0 Å². The lowest BCUT2D eigenvalue weighted by molar-refractivity contribution is -0.158. The smallest absolute Gasteiger partial charge is 0.311 e. The summed E-state index contributed by atoms with van der Waals surface area (Å²) in [6, 6.07) is 0. The van der Waals surface area contributed by atoms with E-state index in [1.165, 1.54) is 6.92 Å². The second kappa shape index (κ2) is 9.19. The molecule has 25 heavy (non-hydrogen) atoms. The van der Waals surface area contributed by atoms with E-state index in [9.17, 15) is 29.4 Å². The van der Waals surface area contributed by atoms with Gasteiger partial charge in [-0.15, -0.1) is 0 Å². The highest BCUT2D eigenvalue weighted by Gasteiger charge is 2.43. The molecule has 0 aromatic carbocycles. The Kier molecular flexibility index (Phi) is 7.60. The molecule has 0 radical (unpaired) electrons. The molecule has 0 heterocycles. The van der Waals surface area contributed by atoms with E-state index >= 15 is 0 Å². The molecule has 8 heteroatoms. The lowest BCUT2D eigenvalue weighted by atomic mass is 9.70. The topological polar surface area (TPSA) is 127 Å². The Balaban J connectivity index is 3.15. The van der Waals surface area contributed by atoms with Gasteiger partial charge in [0, 0.05) is 0 Å². The summed E-state index contributed by atoms with van der Waals surface area (Å²) in [5.41, 5.74) is 0.356. The minimum Gasteiger partial charge on any atom is -0.481 e. The summed E-state index contributed by atoms with van der Waals surface area (Å²) in [6.07, 6.45) is 1.26. The number of carbonyl (C=O) groups excluding carboxylic acids is 2. The van der Waals surface area contributed by atoms with Crippen molar-refractivity contribution < 1.29 is 38.9 Å². The van der Waals surface area contributed by atoms with Gasteiger partial charge in [0.15, 0.2) is 0 Å². The molecular weight excluding hydrogens is 332 g/mol. The van der Waals surface area contributed by atoms with Gasteiger partial charge >= 0.3 is 23.9 Å². The minimum atomic E-state index is -1.25. The van der Waals surface area contributed by atoms with Crippen LogP contribution in [0.4, 0.5) is 0 Å². The maximum atomic E-state index is 12.3. The summed E-state index contributed by atoms with van der Waals surface area (Å²) in [5.74, 6) is -7.53. The molecule has 0 saturated heterocycles. The number of ether oxygens (including phenoxy) is 2. The van der Waals surface area contributed by atoms with Crippen molar-refractivity contribution in [3.05, 3.63) is 11.6 Å². The number of hydrogen-bond acceptors (Lipinski definition) is 6. The Morgan fingerprint density at radius 1 is 1.12 bits per heavy atom. The van der Waals surface area contributed by atoms with Gasteiger partial charge in [0.25, 0.3) is 0 Å². The number of aliphatic carboxylic acids is 2. The van der Waals surface area contributed by atoms with Gasteiger partial charge in [-0.2, -0.15) is 0 Å². The van der Waals surface area contributed by atoms with Crippen LogP contribution in [-0.4, -0.2) is 47.3 Å². The number of hydrogen-bond donors (Lipinski definition) is 2. The second-order valence-corrected chi connectivity index (χ2v) is 5.94. The molecule has 0 aliphatic heterocycles. The molecule has 2 N–H and O–H groups in total. The fourth-order valence-electron chi connectivity index (χ4n) is 3.20. The first kappa shape index (κ1) is 20.7. The SMILES string of the molecule is CCOC(=O)CC(C(=O)OCC)C1C=C(C)C(C(=O)O)C(C(=O)O)C1. The van der Waals surface area contributed by atoms with Crippen LogP contribution in [0.2, 0.25) is 0 Å². The summed E-state index contributed by atoms with van der Waals surface area (Å²) in [4.78, 5) is 47.0. The standard InChI is InChI=1S/C17H24O8/c1-4-24-13(18)8-11(17(23)25-5-2)10-6-9(3)14(16(21)22)12(7-10)15(19)20/h6,10-12,14H,4-5,7-8H2,1-3H3,(H,19,20)(H,21,22). The highest BCUT2D eigenvalue weighted by Crippen LogP contribution is 2.38. The van der Waals surface area contributed by atoms with E-state index in [2.05, 4.69) is 0 Å². The maximum Gasteiger partial charge on any atom is 0.311 e. The third-order valence-electron chi connectivity index (χ3n) is 4.28. The molecular formula is C17H24O8.